The van der Waals surface area contributed by atoms with Crippen molar-refractivity contribution in [2.45, 2.75) is 29.5 Å². The van der Waals surface area contributed by atoms with Crippen LogP contribution in [0, 0.1) is 0 Å². The third-order valence-corrected chi connectivity index (χ3v) is 13.2. The Hall–Kier alpha value is -1.68. The SMILES string of the molecule is CCCC(P(c1ccccc1)c1ccccc1)C(Cl)(Cl)P(c1ccccc1)c1ccccc1. The molecule has 0 nitrogen and oxygen atoms in total. The molecule has 4 aromatic rings. The molecule has 0 saturated heterocycles. The van der Waals surface area contributed by atoms with Gasteiger partial charge in [0.15, 0.2) is 4.07 Å². The first-order chi connectivity index (χ1) is 16.1. The van der Waals surface area contributed by atoms with E-state index >= 15 is 0 Å². The Morgan fingerprint density at radius 2 is 0.909 bits per heavy atom. The molecule has 0 bridgehead atoms. The highest BCUT2D eigenvalue weighted by Gasteiger charge is 2.47. The average molecular weight is 509 g/mol. The van der Waals surface area contributed by atoms with E-state index in [2.05, 4.69) is 128 Å². The summed E-state index contributed by atoms with van der Waals surface area (Å²) in [5.41, 5.74) is 0.0946. The summed E-state index contributed by atoms with van der Waals surface area (Å²) in [6.45, 7) is 2.23. The van der Waals surface area contributed by atoms with Gasteiger partial charge in [-0.1, -0.05) is 158 Å². The Balaban J connectivity index is 1.89. The van der Waals surface area contributed by atoms with Crippen LogP contribution in [0.1, 0.15) is 19.8 Å². The predicted molar refractivity (Wildman–Crippen MR) is 151 cm³/mol. The molecule has 0 spiro atoms. The van der Waals surface area contributed by atoms with E-state index in [0.717, 1.165) is 12.8 Å². The van der Waals surface area contributed by atoms with E-state index < -0.39 is 19.9 Å². The number of rotatable bonds is 9. The summed E-state index contributed by atoms with van der Waals surface area (Å²) < 4.78 is -0.939. The van der Waals surface area contributed by atoms with Gasteiger partial charge in [0, 0.05) is 5.66 Å². The zero-order chi connectivity index (χ0) is 23.1. The van der Waals surface area contributed by atoms with Crippen molar-refractivity contribution in [2.24, 2.45) is 0 Å². The van der Waals surface area contributed by atoms with Crippen LogP contribution >= 0.6 is 39.0 Å². The molecule has 1 unspecified atom stereocenters. The third kappa shape index (κ3) is 5.70. The quantitative estimate of drug-likeness (QED) is 0.161. The molecule has 4 rings (SSSR count). The van der Waals surface area contributed by atoms with Gasteiger partial charge < -0.3 is 0 Å². The lowest BCUT2D eigenvalue weighted by Gasteiger charge is -2.42. The number of halogens is 2. The molecule has 0 aliphatic rings. The van der Waals surface area contributed by atoms with Gasteiger partial charge in [-0.15, -0.1) is 0 Å². The second-order valence-corrected chi connectivity index (χ2v) is 14.7. The van der Waals surface area contributed by atoms with Gasteiger partial charge in [-0.05, 0) is 43.5 Å². The Labute approximate surface area is 210 Å². The fourth-order valence-corrected chi connectivity index (χ4v) is 12.1. The van der Waals surface area contributed by atoms with Crippen molar-refractivity contribution in [3.63, 3.8) is 0 Å². The number of alkyl halides is 2. The molecule has 0 aromatic heterocycles. The third-order valence-electron chi connectivity index (χ3n) is 5.67. The zero-order valence-electron chi connectivity index (χ0n) is 18.7. The van der Waals surface area contributed by atoms with E-state index in [9.17, 15) is 0 Å². The Morgan fingerprint density at radius 1 is 0.576 bits per heavy atom. The summed E-state index contributed by atoms with van der Waals surface area (Å²) >= 11 is 15.2. The van der Waals surface area contributed by atoms with Crippen LogP contribution in [0.5, 0.6) is 0 Å². The fraction of sp³-hybridized carbons (Fsp3) is 0.172. The molecule has 33 heavy (non-hydrogen) atoms. The Morgan fingerprint density at radius 3 is 1.24 bits per heavy atom. The molecule has 0 saturated carbocycles. The molecule has 0 fully saturated rings. The van der Waals surface area contributed by atoms with Crippen molar-refractivity contribution in [3.8, 4) is 0 Å². The molecule has 1 atom stereocenters. The summed E-state index contributed by atoms with van der Waals surface area (Å²) in [6.07, 6.45) is 1.98. The molecule has 0 heterocycles. The van der Waals surface area contributed by atoms with Gasteiger partial charge in [-0.3, -0.25) is 0 Å². The lowest BCUT2D eigenvalue weighted by molar-refractivity contribution is 0.747. The number of hydrogen-bond donors (Lipinski definition) is 0. The highest BCUT2D eigenvalue weighted by atomic mass is 35.5. The maximum atomic E-state index is 7.62. The molecule has 4 aromatic carbocycles. The highest BCUT2D eigenvalue weighted by Crippen LogP contribution is 2.64. The molecule has 0 radical (unpaired) electrons. The summed E-state index contributed by atoms with van der Waals surface area (Å²) in [6, 6.07) is 42.7. The van der Waals surface area contributed by atoms with Crippen LogP contribution in [-0.2, 0) is 0 Å². The van der Waals surface area contributed by atoms with Crippen LogP contribution in [0.4, 0.5) is 0 Å². The fourth-order valence-electron chi connectivity index (χ4n) is 4.21. The van der Waals surface area contributed by atoms with Crippen LogP contribution in [0.25, 0.3) is 0 Å². The summed E-state index contributed by atoms with van der Waals surface area (Å²) in [5.74, 6) is 0. The summed E-state index contributed by atoms with van der Waals surface area (Å²) in [5, 5.41) is 5.06. The van der Waals surface area contributed by atoms with Gasteiger partial charge in [0.2, 0.25) is 0 Å². The first-order valence-corrected chi connectivity index (χ1v) is 14.8. The normalized spacial score (nSPS) is 12.8. The standard InChI is InChI=1S/C29H28Cl2P2/c1-2-15-28(32(24-16-7-3-8-17-24)25-18-9-4-10-19-25)29(30,31)33(26-20-11-5-12-21-26)27-22-13-6-14-23-27/h3-14,16-23,28H,2,15H2,1H3. The lowest BCUT2D eigenvalue weighted by atomic mass is 10.3. The van der Waals surface area contributed by atoms with E-state index in [1.54, 1.807) is 0 Å². The van der Waals surface area contributed by atoms with E-state index in [4.69, 9.17) is 23.2 Å². The van der Waals surface area contributed by atoms with Crippen LogP contribution in [0.2, 0.25) is 0 Å². The molecule has 0 aliphatic heterocycles. The second kappa shape index (κ2) is 11.6. The van der Waals surface area contributed by atoms with Gasteiger partial charge in [-0.2, -0.15) is 0 Å². The maximum absolute atomic E-state index is 7.62. The van der Waals surface area contributed by atoms with Gasteiger partial charge in [0.05, 0.1) is 0 Å². The molecule has 0 N–H and O–H groups in total. The summed E-state index contributed by atoms with van der Waals surface area (Å²) in [4.78, 5) is 0. The van der Waals surface area contributed by atoms with Crippen molar-refractivity contribution < 1.29 is 0 Å². The minimum Gasteiger partial charge on any atom is -0.0951 e. The summed E-state index contributed by atoms with van der Waals surface area (Å²) in [7, 11) is -1.78. The molecule has 0 aliphatic carbocycles. The monoisotopic (exact) mass is 508 g/mol. The Kier molecular flexibility index (Phi) is 8.62. The molecule has 4 heteroatoms. The van der Waals surface area contributed by atoms with E-state index in [1.165, 1.54) is 21.2 Å². The number of hydrogen-bond acceptors (Lipinski definition) is 0. The van der Waals surface area contributed by atoms with Gasteiger partial charge in [-0.25, -0.2) is 0 Å². The largest absolute Gasteiger partial charge is 0.152 e. The van der Waals surface area contributed by atoms with Crippen molar-refractivity contribution in [3.05, 3.63) is 121 Å². The first kappa shape index (κ1) is 24.4. The highest BCUT2D eigenvalue weighted by molar-refractivity contribution is 7.80. The molecular formula is C29H28Cl2P2. The maximum Gasteiger partial charge on any atom is 0.152 e. The minimum absolute atomic E-state index is 0.0946. The van der Waals surface area contributed by atoms with Gasteiger partial charge >= 0.3 is 0 Å². The Bertz CT molecular complexity index is 1020. The number of benzene rings is 4. The van der Waals surface area contributed by atoms with E-state index in [0.29, 0.717) is 0 Å². The second-order valence-electron chi connectivity index (χ2n) is 7.94. The van der Waals surface area contributed by atoms with Crippen LogP contribution < -0.4 is 21.2 Å². The molecule has 168 valence electrons. The first-order valence-electron chi connectivity index (χ1n) is 11.3. The average Bonchev–Trinajstić information content (AvgIpc) is 2.86. The van der Waals surface area contributed by atoms with Crippen LogP contribution in [0.15, 0.2) is 121 Å². The molecular weight excluding hydrogens is 481 g/mol. The van der Waals surface area contributed by atoms with Gasteiger partial charge in [0.1, 0.15) is 0 Å². The van der Waals surface area contributed by atoms with Crippen molar-refractivity contribution in [1.29, 1.82) is 0 Å². The molecule has 0 amide bonds. The van der Waals surface area contributed by atoms with E-state index in [-0.39, 0.29) is 5.66 Å². The van der Waals surface area contributed by atoms with Crippen molar-refractivity contribution >= 4 is 60.3 Å². The van der Waals surface area contributed by atoms with Crippen LogP contribution in [-0.4, -0.2) is 9.73 Å². The van der Waals surface area contributed by atoms with Crippen LogP contribution in [0.3, 0.4) is 0 Å². The predicted octanol–water partition coefficient (Wildman–Crippen LogP) is 7.55. The zero-order valence-corrected chi connectivity index (χ0v) is 22.0. The topological polar surface area (TPSA) is 0 Å². The van der Waals surface area contributed by atoms with Crippen molar-refractivity contribution in [1.82, 2.24) is 0 Å². The van der Waals surface area contributed by atoms with Gasteiger partial charge in [0.25, 0.3) is 0 Å². The minimum atomic E-state index is -1.01. The smallest absolute Gasteiger partial charge is 0.0951 e. The van der Waals surface area contributed by atoms with Crippen molar-refractivity contribution in [2.75, 3.05) is 0 Å². The van der Waals surface area contributed by atoms with E-state index in [1.807, 2.05) is 0 Å². The lowest BCUT2D eigenvalue weighted by Crippen LogP contribution is -2.39.